The summed E-state index contributed by atoms with van der Waals surface area (Å²) in [6.07, 6.45) is 0. The summed E-state index contributed by atoms with van der Waals surface area (Å²) in [5.74, 6) is -0.0394. The van der Waals surface area contributed by atoms with Gasteiger partial charge in [-0.3, -0.25) is 4.79 Å². The molecule has 1 aromatic rings. The van der Waals surface area contributed by atoms with E-state index in [2.05, 4.69) is 17.9 Å². The van der Waals surface area contributed by atoms with E-state index in [0.717, 1.165) is 5.56 Å². The van der Waals surface area contributed by atoms with Crippen molar-refractivity contribution < 1.29 is 4.79 Å². The van der Waals surface area contributed by atoms with Crippen molar-refractivity contribution in [3.05, 3.63) is 29.3 Å². The smallest absolute Gasteiger partial charge is 0.234 e. The minimum atomic E-state index is -0.175. The predicted molar refractivity (Wildman–Crippen MR) is 58.4 cm³/mol. The number of anilines is 1. The Balaban J connectivity index is 2.96. The summed E-state index contributed by atoms with van der Waals surface area (Å²) in [7, 11) is 0. The molecule has 0 aliphatic carbocycles. The van der Waals surface area contributed by atoms with Crippen molar-refractivity contribution in [3.63, 3.8) is 0 Å². The van der Waals surface area contributed by atoms with Gasteiger partial charge in [-0.05, 0) is 24.6 Å². The van der Waals surface area contributed by atoms with E-state index < -0.39 is 0 Å². The van der Waals surface area contributed by atoms with E-state index in [4.69, 9.17) is 5.26 Å². The van der Waals surface area contributed by atoms with E-state index >= 15 is 0 Å². The average molecular weight is 206 g/mol. The number of nitrogens with one attached hydrogen (secondary N) is 1. The molecule has 0 fully saturated rings. The average Bonchev–Trinajstić information content (AvgIpc) is 2.21. The van der Waals surface area contributed by atoms with Gasteiger partial charge < -0.3 is 5.32 Å². The number of thiol groups is 1. The lowest BCUT2D eigenvalue weighted by atomic mass is 10.1. The van der Waals surface area contributed by atoms with Crippen LogP contribution in [0.5, 0.6) is 0 Å². The number of nitrogens with zero attached hydrogens (tertiary/aromatic N) is 1. The zero-order valence-electron chi connectivity index (χ0n) is 7.74. The van der Waals surface area contributed by atoms with Gasteiger partial charge in [-0.25, -0.2) is 0 Å². The fourth-order valence-electron chi connectivity index (χ4n) is 1.02. The molecule has 0 unspecified atom stereocenters. The summed E-state index contributed by atoms with van der Waals surface area (Å²) in [5.41, 5.74) is 2.13. The first-order valence-electron chi connectivity index (χ1n) is 4.09. The molecule has 1 N–H and O–H groups in total. The molecule has 0 saturated carbocycles. The fourth-order valence-corrected chi connectivity index (χ4v) is 1.10. The molecule has 0 aliphatic rings. The Morgan fingerprint density at radius 1 is 1.64 bits per heavy atom. The van der Waals surface area contributed by atoms with E-state index in [0.29, 0.717) is 11.3 Å². The van der Waals surface area contributed by atoms with E-state index in [1.807, 2.05) is 13.0 Å². The van der Waals surface area contributed by atoms with Crippen LogP contribution in [0.3, 0.4) is 0 Å². The molecule has 0 radical (unpaired) electrons. The molecule has 0 heterocycles. The molecule has 0 saturated heterocycles. The molecule has 1 rings (SSSR count). The third-order valence-electron chi connectivity index (χ3n) is 1.78. The van der Waals surface area contributed by atoms with E-state index in [1.165, 1.54) is 0 Å². The van der Waals surface area contributed by atoms with Crippen molar-refractivity contribution in [1.29, 1.82) is 5.26 Å². The molecule has 1 amide bonds. The molecular formula is C10H10N2OS. The molecule has 14 heavy (non-hydrogen) atoms. The lowest BCUT2D eigenvalue weighted by Crippen LogP contribution is -2.13. The van der Waals surface area contributed by atoms with Crippen LogP contribution in [-0.4, -0.2) is 11.7 Å². The maximum atomic E-state index is 11.1. The summed E-state index contributed by atoms with van der Waals surface area (Å²) in [6.45, 7) is 1.87. The lowest BCUT2D eigenvalue weighted by Gasteiger charge is -2.06. The quantitative estimate of drug-likeness (QED) is 0.724. The minimum absolute atomic E-state index is 0.135. The fraction of sp³-hybridized carbons (Fsp3) is 0.200. The predicted octanol–water partition coefficient (Wildman–Crippen LogP) is 1.73. The minimum Gasteiger partial charge on any atom is -0.325 e. The van der Waals surface area contributed by atoms with Gasteiger partial charge in [0.1, 0.15) is 0 Å². The van der Waals surface area contributed by atoms with Crippen LogP contribution in [0.1, 0.15) is 11.1 Å². The van der Waals surface area contributed by atoms with Gasteiger partial charge in [0.05, 0.1) is 17.4 Å². The summed E-state index contributed by atoms with van der Waals surface area (Å²) in [5, 5.41) is 11.3. The van der Waals surface area contributed by atoms with Crippen LogP contribution in [0.15, 0.2) is 18.2 Å². The standard InChI is InChI=1S/C10H10N2OS/c1-7-2-3-8(5-11)4-9(7)12-10(13)6-14/h2-4,14H,6H2,1H3,(H,12,13). The number of benzene rings is 1. The number of hydrogen-bond donors (Lipinski definition) is 2. The van der Waals surface area contributed by atoms with Crippen molar-refractivity contribution in [1.82, 2.24) is 0 Å². The highest BCUT2D eigenvalue weighted by molar-refractivity contribution is 7.81. The molecule has 3 nitrogen and oxygen atoms in total. The number of rotatable bonds is 2. The Labute approximate surface area is 88.2 Å². The van der Waals surface area contributed by atoms with Gasteiger partial charge in [0.25, 0.3) is 0 Å². The maximum absolute atomic E-state index is 11.1. The molecule has 0 aliphatic heterocycles. The topological polar surface area (TPSA) is 52.9 Å². The second-order valence-corrected chi connectivity index (χ2v) is 3.16. The van der Waals surface area contributed by atoms with Crippen molar-refractivity contribution >= 4 is 24.2 Å². The lowest BCUT2D eigenvalue weighted by molar-refractivity contribution is -0.113. The Morgan fingerprint density at radius 3 is 2.93 bits per heavy atom. The maximum Gasteiger partial charge on any atom is 0.234 e. The first-order valence-corrected chi connectivity index (χ1v) is 4.72. The second-order valence-electron chi connectivity index (χ2n) is 2.85. The van der Waals surface area contributed by atoms with E-state index in [1.54, 1.807) is 18.2 Å². The monoisotopic (exact) mass is 206 g/mol. The zero-order chi connectivity index (χ0) is 10.6. The van der Waals surface area contributed by atoms with Crippen molar-refractivity contribution in [2.75, 3.05) is 11.1 Å². The molecule has 0 spiro atoms. The number of amides is 1. The second kappa shape index (κ2) is 4.68. The summed E-state index contributed by atoms with van der Waals surface area (Å²) in [6, 6.07) is 7.18. The van der Waals surface area contributed by atoms with Crippen LogP contribution in [0, 0.1) is 18.3 Å². The van der Waals surface area contributed by atoms with Crippen LogP contribution < -0.4 is 5.32 Å². The van der Waals surface area contributed by atoms with Gasteiger partial charge in [-0.1, -0.05) is 6.07 Å². The van der Waals surface area contributed by atoms with Gasteiger partial charge in [-0.2, -0.15) is 17.9 Å². The summed E-state index contributed by atoms with van der Waals surface area (Å²) < 4.78 is 0. The first kappa shape index (κ1) is 10.6. The summed E-state index contributed by atoms with van der Waals surface area (Å²) >= 11 is 3.85. The molecule has 4 heteroatoms. The Morgan fingerprint density at radius 2 is 2.36 bits per heavy atom. The molecular weight excluding hydrogens is 196 g/mol. The van der Waals surface area contributed by atoms with E-state index in [9.17, 15) is 4.79 Å². The van der Waals surface area contributed by atoms with Crippen LogP contribution in [0.4, 0.5) is 5.69 Å². The zero-order valence-corrected chi connectivity index (χ0v) is 8.64. The normalized spacial score (nSPS) is 9.21. The van der Waals surface area contributed by atoms with Crippen LogP contribution in [0.2, 0.25) is 0 Å². The largest absolute Gasteiger partial charge is 0.325 e. The molecule has 0 bridgehead atoms. The molecule has 1 aromatic carbocycles. The van der Waals surface area contributed by atoms with Gasteiger partial charge >= 0.3 is 0 Å². The van der Waals surface area contributed by atoms with E-state index in [-0.39, 0.29) is 11.7 Å². The number of aryl methyl sites for hydroxylation is 1. The highest BCUT2D eigenvalue weighted by Gasteiger charge is 2.03. The van der Waals surface area contributed by atoms with Crippen molar-refractivity contribution in [2.45, 2.75) is 6.92 Å². The highest BCUT2D eigenvalue weighted by atomic mass is 32.1. The van der Waals surface area contributed by atoms with Crippen LogP contribution >= 0.6 is 12.6 Å². The number of carbonyl (C=O) groups excluding carboxylic acids is 1. The first-order chi connectivity index (χ1) is 6.67. The summed E-state index contributed by atoms with van der Waals surface area (Å²) in [4.78, 5) is 11.1. The van der Waals surface area contributed by atoms with Gasteiger partial charge in [0.2, 0.25) is 5.91 Å². The third kappa shape index (κ3) is 2.51. The van der Waals surface area contributed by atoms with Gasteiger partial charge in [0, 0.05) is 5.69 Å². The highest BCUT2D eigenvalue weighted by Crippen LogP contribution is 2.16. The molecule has 0 aromatic heterocycles. The van der Waals surface area contributed by atoms with Crippen LogP contribution in [-0.2, 0) is 4.79 Å². The number of hydrogen-bond acceptors (Lipinski definition) is 3. The van der Waals surface area contributed by atoms with Crippen LogP contribution in [0.25, 0.3) is 0 Å². The Bertz CT molecular complexity index is 396. The number of nitriles is 1. The number of carbonyl (C=O) groups is 1. The third-order valence-corrected chi connectivity index (χ3v) is 2.07. The van der Waals surface area contributed by atoms with Gasteiger partial charge in [-0.15, -0.1) is 0 Å². The Kier molecular flexibility index (Phi) is 3.55. The SMILES string of the molecule is Cc1ccc(C#N)cc1NC(=O)CS. The van der Waals surface area contributed by atoms with Gasteiger partial charge in [0.15, 0.2) is 0 Å². The van der Waals surface area contributed by atoms with Crippen molar-refractivity contribution in [2.24, 2.45) is 0 Å². The molecule has 0 atom stereocenters. The van der Waals surface area contributed by atoms with Crippen molar-refractivity contribution in [3.8, 4) is 6.07 Å². The Hall–Kier alpha value is -1.47. The molecule has 72 valence electrons.